The summed E-state index contributed by atoms with van der Waals surface area (Å²) in [6, 6.07) is 10.1. The molecule has 0 bridgehead atoms. The highest BCUT2D eigenvalue weighted by molar-refractivity contribution is 7.80. The summed E-state index contributed by atoms with van der Waals surface area (Å²) >= 11 is 5.13. The predicted octanol–water partition coefficient (Wildman–Crippen LogP) is 2.69. The lowest BCUT2D eigenvalue weighted by atomic mass is 10.1. The Morgan fingerprint density at radius 3 is 2.95 bits per heavy atom. The number of rotatable bonds is 4. The molecule has 2 aromatic rings. The van der Waals surface area contributed by atoms with Gasteiger partial charge >= 0.3 is 0 Å². The third-order valence-corrected chi connectivity index (χ3v) is 2.96. The number of pyridine rings is 1. The molecule has 0 aliphatic carbocycles. The van der Waals surface area contributed by atoms with Crippen molar-refractivity contribution >= 4 is 34.3 Å². The van der Waals surface area contributed by atoms with Crippen molar-refractivity contribution < 1.29 is 0 Å². The van der Waals surface area contributed by atoms with Crippen LogP contribution in [0.25, 0.3) is 10.8 Å². The van der Waals surface area contributed by atoms with Crippen LogP contribution in [0.4, 0.5) is 0 Å². The molecule has 0 unspecified atom stereocenters. The zero-order valence-electron chi connectivity index (χ0n) is 11.6. The molecule has 0 aliphatic rings. The monoisotopic (exact) mass is 286 g/mol. The molecule has 20 heavy (non-hydrogen) atoms. The van der Waals surface area contributed by atoms with E-state index in [0.717, 1.165) is 23.0 Å². The summed E-state index contributed by atoms with van der Waals surface area (Å²) in [5, 5.41) is 9.96. The van der Waals surface area contributed by atoms with Gasteiger partial charge in [0, 0.05) is 18.1 Å². The van der Waals surface area contributed by atoms with E-state index < -0.39 is 0 Å². The van der Waals surface area contributed by atoms with E-state index >= 15 is 0 Å². The van der Waals surface area contributed by atoms with Gasteiger partial charge in [0.1, 0.15) is 0 Å². The summed E-state index contributed by atoms with van der Waals surface area (Å²) < 4.78 is 0. The first-order chi connectivity index (χ1) is 9.66. The van der Waals surface area contributed by atoms with E-state index in [1.165, 1.54) is 0 Å². The maximum Gasteiger partial charge on any atom is 0.186 e. The van der Waals surface area contributed by atoms with Crippen LogP contribution in [0.1, 0.15) is 19.5 Å². The first kappa shape index (κ1) is 14.4. The number of fused-ring (bicyclic) bond motifs is 1. The van der Waals surface area contributed by atoms with Crippen LogP contribution in [-0.4, -0.2) is 22.9 Å². The fourth-order valence-electron chi connectivity index (χ4n) is 1.73. The van der Waals surface area contributed by atoms with Gasteiger partial charge < -0.3 is 5.32 Å². The number of nitrogens with zero attached hydrogens (tertiary/aromatic N) is 2. The largest absolute Gasteiger partial charge is 0.361 e. The van der Waals surface area contributed by atoms with Crippen LogP contribution in [0.5, 0.6) is 0 Å². The average molecular weight is 286 g/mol. The lowest BCUT2D eigenvalue weighted by Gasteiger charge is -2.08. The number of nitrogens with one attached hydrogen (secondary N) is 2. The third-order valence-electron chi connectivity index (χ3n) is 2.73. The van der Waals surface area contributed by atoms with Crippen LogP contribution in [0, 0.1) is 5.92 Å². The van der Waals surface area contributed by atoms with Crippen molar-refractivity contribution in [1.82, 2.24) is 15.7 Å². The molecule has 1 aromatic heterocycles. The molecule has 104 valence electrons. The second kappa shape index (κ2) is 6.96. The quantitative estimate of drug-likeness (QED) is 0.515. The molecule has 2 rings (SSSR count). The highest BCUT2D eigenvalue weighted by atomic mass is 32.1. The van der Waals surface area contributed by atoms with E-state index in [0.29, 0.717) is 11.0 Å². The van der Waals surface area contributed by atoms with E-state index in [2.05, 4.69) is 40.7 Å². The molecule has 1 heterocycles. The lowest BCUT2D eigenvalue weighted by Crippen LogP contribution is -2.34. The van der Waals surface area contributed by atoms with E-state index in [1.807, 2.05) is 24.3 Å². The fraction of sp³-hybridized carbons (Fsp3) is 0.267. The Hall–Kier alpha value is -2.01. The maximum absolute atomic E-state index is 5.13. The van der Waals surface area contributed by atoms with E-state index in [9.17, 15) is 0 Å². The van der Waals surface area contributed by atoms with Gasteiger partial charge in [-0.3, -0.25) is 10.4 Å². The fourth-order valence-corrected chi connectivity index (χ4v) is 1.87. The Labute approximate surface area is 124 Å². The molecule has 0 saturated carbocycles. The average Bonchev–Trinajstić information content (AvgIpc) is 2.45. The molecule has 0 radical (unpaired) electrons. The van der Waals surface area contributed by atoms with Crippen LogP contribution in [-0.2, 0) is 0 Å². The molecule has 0 saturated heterocycles. The van der Waals surface area contributed by atoms with E-state index in [1.54, 1.807) is 12.4 Å². The number of hydrazone groups is 1. The van der Waals surface area contributed by atoms with Crippen molar-refractivity contribution in [1.29, 1.82) is 0 Å². The van der Waals surface area contributed by atoms with Crippen LogP contribution in [0.2, 0.25) is 0 Å². The Kier molecular flexibility index (Phi) is 5.01. The number of aromatic nitrogens is 1. The molecule has 0 aliphatic heterocycles. The minimum atomic E-state index is 0.523. The maximum atomic E-state index is 5.13. The second-order valence-electron chi connectivity index (χ2n) is 4.89. The number of hydrogen-bond donors (Lipinski definition) is 2. The topological polar surface area (TPSA) is 49.3 Å². The number of thiocarbonyl (C=S) groups is 1. The molecule has 0 fully saturated rings. The van der Waals surface area contributed by atoms with Crippen LogP contribution in [0.15, 0.2) is 41.6 Å². The van der Waals surface area contributed by atoms with E-state index in [-0.39, 0.29) is 0 Å². The Bertz CT molecular complexity index is 617. The summed E-state index contributed by atoms with van der Waals surface area (Å²) in [5.41, 5.74) is 3.62. The Morgan fingerprint density at radius 2 is 2.15 bits per heavy atom. The minimum Gasteiger partial charge on any atom is -0.361 e. The van der Waals surface area contributed by atoms with Crippen molar-refractivity contribution in [2.75, 3.05) is 6.54 Å². The third kappa shape index (κ3) is 3.99. The molecule has 1 aromatic carbocycles. The first-order valence-corrected chi connectivity index (χ1v) is 6.98. The normalized spacial score (nSPS) is 11.2. The standard InChI is InChI=1S/C15H18N4S/c1-11(2)9-17-15(20)19-18-10-14-13-6-4-3-5-12(13)7-8-16-14/h3-8,10-11H,9H2,1-2H3,(H2,17,19,20)/b18-10-. The molecule has 4 nitrogen and oxygen atoms in total. The SMILES string of the molecule is CC(C)CNC(=S)N/N=C\c1nccc2ccccc12. The Morgan fingerprint density at radius 1 is 1.35 bits per heavy atom. The predicted molar refractivity (Wildman–Crippen MR) is 87.9 cm³/mol. The molecule has 0 amide bonds. The molecule has 0 atom stereocenters. The van der Waals surface area contributed by atoms with Gasteiger partial charge in [-0.1, -0.05) is 38.1 Å². The molecule has 2 N–H and O–H groups in total. The molecule has 5 heteroatoms. The van der Waals surface area contributed by atoms with Crippen molar-refractivity contribution in [2.45, 2.75) is 13.8 Å². The first-order valence-electron chi connectivity index (χ1n) is 6.57. The van der Waals surface area contributed by atoms with Crippen LogP contribution < -0.4 is 10.7 Å². The molecular weight excluding hydrogens is 268 g/mol. The lowest BCUT2D eigenvalue weighted by molar-refractivity contribution is 0.621. The highest BCUT2D eigenvalue weighted by Gasteiger charge is 1.99. The molecule has 0 spiro atoms. The van der Waals surface area contributed by atoms with Crippen molar-refractivity contribution in [2.24, 2.45) is 11.0 Å². The Balaban J connectivity index is 2.01. The summed E-state index contributed by atoms with van der Waals surface area (Å²) in [7, 11) is 0. The second-order valence-corrected chi connectivity index (χ2v) is 5.30. The van der Waals surface area contributed by atoms with Gasteiger partial charge in [0.15, 0.2) is 5.11 Å². The zero-order chi connectivity index (χ0) is 14.4. The van der Waals surface area contributed by atoms with Gasteiger partial charge in [0.25, 0.3) is 0 Å². The van der Waals surface area contributed by atoms with Crippen molar-refractivity contribution in [3.63, 3.8) is 0 Å². The number of benzene rings is 1. The van der Waals surface area contributed by atoms with Crippen molar-refractivity contribution in [3.8, 4) is 0 Å². The summed E-state index contributed by atoms with van der Waals surface area (Å²) in [4.78, 5) is 4.32. The van der Waals surface area contributed by atoms with Gasteiger partial charge in [-0.15, -0.1) is 0 Å². The highest BCUT2D eigenvalue weighted by Crippen LogP contribution is 2.14. The zero-order valence-corrected chi connectivity index (χ0v) is 12.4. The van der Waals surface area contributed by atoms with Gasteiger partial charge in [0.2, 0.25) is 0 Å². The van der Waals surface area contributed by atoms with Crippen molar-refractivity contribution in [3.05, 3.63) is 42.2 Å². The smallest absolute Gasteiger partial charge is 0.186 e. The van der Waals surface area contributed by atoms with Crippen LogP contribution in [0.3, 0.4) is 0 Å². The van der Waals surface area contributed by atoms with E-state index in [4.69, 9.17) is 12.2 Å². The summed E-state index contributed by atoms with van der Waals surface area (Å²) in [6.45, 7) is 5.08. The van der Waals surface area contributed by atoms with Gasteiger partial charge in [-0.2, -0.15) is 5.10 Å². The molecular formula is C15H18N4S. The number of hydrogen-bond acceptors (Lipinski definition) is 3. The summed E-state index contributed by atoms with van der Waals surface area (Å²) in [5.74, 6) is 0.540. The van der Waals surface area contributed by atoms with Gasteiger partial charge in [-0.25, -0.2) is 0 Å². The van der Waals surface area contributed by atoms with Gasteiger partial charge in [-0.05, 0) is 29.6 Å². The summed E-state index contributed by atoms with van der Waals surface area (Å²) in [6.07, 6.45) is 3.46. The van der Waals surface area contributed by atoms with Crippen LogP contribution >= 0.6 is 12.2 Å². The van der Waals surface area contributed by atoms with Gasteiger partial charge in [0.05, 0.1) is 11.9 Å². The minimum absolute atomic E-state index is 0.523.